The van der Waals surface area contributed by atoms with Crippen molar-refractivity contribution in [2.45, 2.75) is 102 Å². The molecule has 3 fully saturated rings. The molecule has 4 nitrogen and oxygen atoms in total. The van der Waals surface area contributed by atoms with Gasteiger partial charge in [0.2, 0.25) is 0 Å². The number of ether oxygens (including phenoxy) is 3. The Morgan fingerprint density at radius 2 is 1.53 bits per heavy atom. The van der Waals surface area contributed by atoms with Crippen LogP contribution in [-0.2, 0) is 9.47 Å². The van der Waals surface area contributed by atoms with Crippen LogP contribution in [0.5, 0.6) is 5.75 Å². The molecular formula is C35H43F4NO3. The minimum absolute atomic E-state index is 0.156. The second-order valence-electron chi connectivity index (χ2n) is 12.8. The summed E-state index contributed by atoms with van der Waals surface area (Å²) in [6.45, 7) is 3.48. The molecule has 5 rings (SSSR count). The number of hydrogen-bond acceptors (Lipinski definition) is 4. The fourth-order valence-corrected chi connectivity index (χ4v) is 7.33. The van der Waals surface area contributed by atoms with Gasteiger partial charge >= 0.3 is 6.11 Å². The predicted octanol–water partition coefficient (Wildman–Crippen LogP) is 9.83. The zero-order valence-electron chi connectivity index (χ0n) is 25.0. The lowest BCUT2D eigenvalue weighted by atomic mass is 9.68. The maximum Gasteiger partial charge on any atom is 0.400 e. The first-order chi connectivity index (χ1) is 20.8. The largest absolute Gasteiger partial charge is 0.432 e. The van der Waals surface area contributed by atoms with E-state index in [1.165, 1.54) is 25.3 Å². The number of nitriles is 1. The summed E-state index contributed by atoms with van der Waals surface area (Å²) in [4.78, 5) is 0. The maximum absolute atomic E-state index is 15.3. The van der Waals surface area contributed by atoms with Gasteiger partial charge in [0.25, 0.3) is 0 Å². The first kappa shape index (κ1) is 31.8. The summed E-state index contributed by atoms with van der Waals surface area (Å²) in [6, 6.07) is 10.3. The zero-order chi connectivity index (χ0) is 30.4. The monoisotopic (exact) mass is 601 g/mol. The van der Waals surface area contributed by atoms with Crippen molar-refractivity contribution in [3.63, 3.8) is 0 Å². The van der Waals surface area contributed by atoms with E-state index in [4.69, 9.17) is 19.5 Å². The quantitative estimate of drug-likeness (QED) is 0.201. The molecule has 0 aromatic heterocycles. The number of hydrogen-bond donors (Lipinski definition) is 0. The van der Waals surface area contributed by atoms with E-state index in [1.54, 1.807) is 12.1 Å². The van der Waals surface area contributed by atoms with Crippen LogP contribution in [0, 0.1) is 46.6 Å². The van der Waals surface area contributed by atoms with Crippen molar-refractivity contribution in [2.24, 2.45) is 23.7 Å². The number of nitrogens with zero attached hydrogens (tertiary/aromatic N) is 1. The van der Waals surface area contributed by atoms with Crippen molar-refractivity contribution in [1.29, 1.82) is 5.26 Å². The first-order valence-corrected chi connectivity index (χ1v) is 16.1. The van der Waals surface area contributed by atoms with Crippen molar-refractivity contribution in [3.05, 3.63) is 64.7 Å². The molecule has 0 N–H and O–H groups in total. The van der Waals surface area contributed by atoms with Crippen LogP contribution in [0.1, 0.15) is 113 Å². The molecule has 1 aliphatic heterocycles. The van der Waals surface area contributed by atoms with Gasteiger partial charge in [0.15, 0.2) is 6.29 Å². The third-order valence-corrected chi connectivity index (χ3v) is 9.92. The number of halogens is 4. The normalized spacial score (nSPS) is 28.3. The van der Waals surface area contributed by atoms with Crippen LogP contribution in [0.15, 0.2) is 36.4 Å². The number of rotatable bonds is 10. The van der Waals surface area contributed by atoms with Gasteiger partial charge in [-0.2, -0.15) is 14.0 Å². The van der Waals surface area contributed by atoms with Crippen LogP contribution in [0.25, 0.3) is 0 Å². The maximum atomic E-state index is 15.3. The smallest absolute Gasteiger partial charge is 0.400 e. The van der Waals surface area contributed by atoms with Crippen LogP contribution in [0.3, 0.4) is 0 Å². The average Bonchev–Trinajstić information content (AvgIpc) is 3.02. The fourth-order valence-electron chi connectivity index (χ4n) is 7.33. The summed E-state index contributed by atoms with van der Waals surface area (Å²) >= 11 is 0. The molecule has 2 aromatic carbocycles. The Bertz CT molecular complexity index is 1240. The van der Waals surface area contributed by atoms with Gasteiger partial charge in [-0.05, 0) is 99.3 Å². The number of benzene rings is 2. The Morgan fingerprint density at radius 3 is 2.14 bits per heavy atom. The van der Waals surface area contributed by atoms with E-state index in [2.05, 4.69) is 6.92 Å². The van der Waals surface area contributed by atoms with E-state index in [-0.39, 0.29) is 23.0 Å². The lowest BCUT2D eigenvalue weighted by Crippen LogP contribution is -2.38. The molecule has 2 aliphatic carbocycles. The highest BCUT2D eigenvalue weighted by atomic mass is 19.3. The second-order valence-corrected chi connectivity index (χ2v) is 12.8. The minimum Gasteiger partial charge on any atom is -0.432 e. The van der Waals surface area contributed by atoms with Crippen LogP contribution < -0.4 is 4.74 Å². The van der Waals surface area contributed by atoms with Gasteiger partial charge in [0.05, 0.1) is 24.7 Å². The van der Waals surface area contributed by atoms with Gasteiger partial charge in [-0.25, -0.2) is 8.78 Å². The van der Waals surface area contributed by atoms with Crippen molar-refractivity contribution in [1.82, 2.24) is 0 Å². The molecule has 43 heavy (non-hydrogen) atoms. The van der Waals surface area contributed by atoms with Crippen LogP contribution in [-0.4, -0.2) is 19.3 Å². The van der Waals surface area contributed by atoms with Crippen molar-refractivity contribution in [3.8, 4) is 11.8 Å². The molecule has 1 saturated heterocycles. The van der Waals surface area contributed by atoms with Gasteiger partial charge in [-0.15, -0.1) is 0 Å². The topological polar surface area (TPSA) is 51.5 Å². The molecule has 0 bridgehead atoms. The molecule has 8 heteroatoms. The lowest BCUT2D eigenvalue weighted by Gasteiger charge is -2.39. The second kappa shape index (κ2) is 14.4. The molecule has 1 heterocycles. The molecule has 2 aromatic rings. The summed E-state index contributed by atoms with van der Waals surface area (Å²) in [5.41, 5.74) is 1.26. The third kappa shape index (κ3) is 7.91. The summed E-state index contributed by atoms with van der Waals surface area (Å²) in [6.07, 6.45) is 6.56. The van der Waals surface area contributed by atoms with E-state index in [9.17, 15) is 13.2 Å². The molecule has 0 amide bonds. The van der Waals surface area contributed by atoms with Crippen LogP contribution in [0.2, 0.25) is 0 Å². The Hall–Kier alpha value is -2.63. The van der Waals surface area contributed by atoms with E-state index >= 15 is 4.39 Å². The van der Waals surface area contributed by atoms with Gasteiger partial charge in [0.1, 0.15) is 23.5 Å². The summed E-state index contributed by atoms with van der Waals surface area (Å²) in [7, 11) is 0. The average molecular weight is 602 g/mol. The summed E-state index contributed by atoms with van der Waals surface area (Å²) < 4.78 is 75.7. The minimum atomic E-state index is -3.41. The molecular weight excluding hydrogens is 558 g/mol. The first-order valence-electron chi connectivity index (χ1n) is 16.1. The Kier molecular flexibility index (Phi) is 10.7. The van der Waals surface area contributed by atoms with Crippen LogP contribution in [0.4, 0.5) is 17.6 Å². The van der Waals surface area contributed by atoms with Crippen molar-refractivity contribution < 1.29 is 31.8 Å². The van der Waals surface area contributed by atoms with Gasteiger partial charge in [0, 0.05) is 17.5 Å². The fraction of sp³-hybridized carbons (Fsp3) is 0.629. The standard InChI is InChI=1S/C35H43F4NO3/c1-2-3-4-5-23-21-41-34(42-22-23)27-13-17-31(33(37)18-27)26-8-6-24(7-9-26)25-10-14-29(15-11-25)35(38,39)43-30-16-12-28(20-40)32(36)19-30/h12-13,16-19,23-26,29,34H,2-11,14-15,21-22H2,1H3. The number of unbranched alkanes of at least 4 members (excludes halogenated alkanes) is 2. The van der Waals surface area contributed by atoms with Crippen molar-refractivity contribution >= 4 is 0 Å². The molecule has 0 atom stereocenters. The summed E-state index contributed by atoms with van der Waals surface area (Å²) in [5.74, 6) is -0.893. The highest BCUT2D eigenvalue weighted by Gasteiger charge is 2.45. The van der Waals surface area contributed by atoms with E-state index in [1.807, 2.05) is 12.1 Å². The predicted molar refractivity (Wildman–Crippen MR) is 156 cm³/mol. The van der Waals surface area contributed by atoms with Gasteiger partial charge < -0.3 is 14.2 Å². The SMILES string of the molecule is CCCCCC1COC(c2ccc(C3CCC(C4CCC(C(F)(F)Oc5ccc(C#N)c(F)c5)CC4)CC3)c(F)c2)OC1. The van der Waals surface area contributed by atoms with Gasteiger partial charge in [-0.3, -0.25) is 0 Å². The molecule has 0 spiro atoms. The number of alkyl halides is 2. The lowest BCUT2D eigenvalue weighted by molar-refractivity contribution is -0.224. The molecule has 234 valence electrons. The van der Waals surface area contributed by atoms with Gasteiger partial charge in [-0.1, -0.05) is 38.3 Å². The highest BCUT2D eigenvalue weighted by molar-refractivity contribution is 5.36. The Morgan fingerprint density at radius 1 is 0.860 bits per heavy atom. The molecule has 0 unspecified atom stereocenters. The molecule has 2 saturated carbocycles. The Balaban J connectivity index is 1.07. The van der Waals surface area contributed by atoms with E-state index in [0.29, 0.717) is 56.7 Å². The highest BCUT2D eigenvalue weighted by Crippen LogP contribution is 2.47. The van der Waals surface area contributed by atoms with Crippen molar-refractivity contribution in [2.75, 3.05) is 13.2 Å². The molecule has 3 aliphatic rings. The summed E-state index contributed by atoms with van der Waals surface area (Å²) in [5, 5.41) is 8.84. The van der Waals surface area contributed by atoms with Crippen LogP contribution >= 0.6 is 0 Å². The van der Waals surface area contributed by atoms with E-state index in [0.717, 1.165) is 55.4 Å². The zero-order valence-corrected chi connectivity index (χ0v) is 25.0. The third-order valence-electron chi connectivity index (χ3n) is 9.92. The Labute approximate surface area is 252 Å². The van der Waals surface area contributed by atoms with E-state index < -0.39 is 24.1 Å². The molecule has 0 radical (unpaired) electrons.